The number of aromatic nitrogens is 3. The minimum atomic E-state index is -0.520. The van der Waals surface area contributed by atoms with Crippen molar-refractivity contribution in [2.75, 3.05) is 24.7 Å². The second-order valence-corrected chi connectivity index (χ2v) is 4.70. The van der Waals surface area contributed by atoms with Crippen LogP contribution in [0.3, 0.4) is 0 Å². The molecule has 0 atom stereocenters. The second-order valence-electron chi connectivity index (χ2n) is 4.70. The van der Waals surface area contributed by atoms with Crippen LogP contribution in [0.4, 0.5) is 17.6 Å². The van der Waals surface area contributed by atoms with Gasteiger partial charge < -0.3 is 10.6 Å². The van der Waals surface area contributed by atoms with Gasteiger partial charge in [-0.1, -0.05) is 12.1 Å². The van der Waals surface area contributed by atoms with E-state index in [0.29, 0.717) is 0 Å². The molecular formula is C14H13N7O2. The first-order valence-corrected chi connectivity index (χ1v) is 6.47. The molecule has 1 aromatic heterocycles. The summed E-state index contributed by atoms with van der Waals surface area (Å²) in [5, 5.41) is 20.4. The molecule has 0 amide bonds. The molecule has 0 saturated carbocycles. The molecule has 1 aromatic carbocycles. The first-order chi connectivity index (χ1) is 10.9. The molecule has 116 valence electrons. The molecule has 9 heteroatoms. The predicted octanol–water partition coefficient (Wildman–Crippen LogP) is 1.49. The Balaban J connectivity index is 2.57. The van der Waals surface area contributed by atoms with E-state index >= 15 is 0 Å². The summed E-state index contributed by atoms with van der Waals surface area (Å²) in [5.41, 5.74) is 5.84. The van der Waals surface area contributed by atoms with Gasteiger partial charge in [0.25, 0.3) is 5.69 Å². The lowest BCUT2D eigenvalue weighted by atomic mass is 10.1. The zero-order valence-electron chi connectivity index (χ0n) is 12.5. The van der Waals surface area contributed by atoms with Gasteiger partial charge in [0.05, 0.1) is 16.1 Å². The number of nitrogens with zero attached hydrogens (tertiary/aromatic N) is 6. The van der Waals surface area contributed by atoms with Gasteiger partial charge >= 0.3 is 0 Å². The van der Waals surface area contributed by atoms with Crippen molar-refractivity contribution in [2.45, 2.75) is 0 Å². The average Bonchev–Trinajstić information content (AvgIpc) is 2.52. The summed E-state index contributed by atoms with van der Waals surface area (Å²) in [6.45, 7) is 0. The molecule has 23 heavy (non-hydrogen) atoms. The van der Waals surface area contributed by atoms with Crippen LogP contribution in [0.25, 0.3) is 11.6 Å². The van der Waals surface area contributed by atoms with Crippen LogP contribution >= 0.6 is 0 Å². The Bertz CT molecular complexity index is 824. The van der Waals surface area contributed by atoms with Crippen molar-refractivity contribution in [2.24, 2.45) is 0 Å². The molecule has 0 fully saturated rings. The third-order valence-corrected chi connectivity index (χ3v) is 2.84. The van der Waals surface area contributed by atoms with Crippen molar-refractivity contribution in [1.29, 1.82) is 5.26 Å². The minimum Gasteiger partial charge on any atom is -0.368 e. The Morgan fingerprint density at radius 1 is 1.35 bits per heavy atom. The Labute approximate surface area is 131 Å². The van der Waals surface area contributed by atoms with E-state index in [0.717, 1.165) is 0 Å². The lowest BCUT2D eigenvalue weighted by Gasteiger charge is -2.10. The Hall–Kier alpha value is -3.54. The highest BCUT2D eigenvalue weighted by Crippen LogP contribution is 2.23. The molecule has 0 aliphatic heterocycles. The predicted molar refractivity (Wildman–Crippen MR) is 85.1 cm³/mol. The van der Waals surface area contributed by atoms with Gasteiger partial charge in [-0.15, -0.1) is 0 Å². The maximum absolute atomic E-state index is 11.1. The summed E-state index contributed by atoms with van der Waals surface area (Å²) >= 11 is 0. The van der Waals surface area contributed by atoms with Crippen LogP contribution < -0.4 is 10.6 Å². The Morgan fingerprint density at radius 3 is 2.65 bits per heavy atom. The fourth-order valence-corrected chi connectivity index (χ4v) is 1.78. The summed E-state index contributed by atoms with van der Waals surface area (Å²) < 4.78 is 0. The number of nitrogens with two attached hydrogens (primary N) is 1. The van der Waals surface area contributed by atoms with Crippen LogP contribution in [0.1, 0.15) is 11.4 Å². The number of nitrogen functional groups attached to an aromatic ring is 1. The first kappa shape index (κ1) is 15.8. The van der Waals surface area contributed by atoms with E-state index in [4.69, 9.17) is 5.73 Å². The molecule has 0 aliphatic carbocycles. The summed E-state index contributed by atoms with van der Waals surface area (Å²) in [6.07, 6.45) is 1.35. The van der Waals surface area contributed by atoms with Crippen LogP contribution in [0.5, 0.6) is 0 Å². The fraction of sp³-hybridized carbons (Fsp3) is 0.143. The van der Waals surface area contributed by atoms with Crippen molar-refractivity contribution in [3.05, 3.63) is 45.8 Å². The first-order valence-electron chi connectivity index (χ1n) is 6.47. The fourth-order valence-electron chi connectivity index (χ4n) is 1.78. The van der Waals surface area contributed by atoms with Gasteiger partial charge in [0.15, 0.2) is 5.82 Å². The molecule has 2 N–H and O–H groups in total. The van der Waals surface area contributed by atoms with Gasteiger partial charge in [-0.05, 0) is 12.1 Å². The van der Waals surface area contributed by atoms with E-state index in [1.807, 2.05) is 6.07 Å². The third kappa shape index (κ3) is 3.56. The van der Waals surface area contributed by atoms with Crippen molar-refractivity contribution >= 4 is 29.2 Å². The number of rotatable bonds is 4. The maximum atomic E-state index is 11.1. The lowest BCUT2D eigenvalue weighted by molar-refractivity contribution is -0.385. The van der Waals surface area contributed by atoms with Crippen molar-refractivity contribution in [3.8, 4) is 6.07 Å². The van der Waals surface area contributed by atoms with Gasteiger partial charge in [-0.3, -0.25) is 10.1 Å². The molecule has 9 nitrogen and oxygen atoms in total. The van der Waals surface area contributed by atoms with Gasteiger partial charge in [0.1, 0.15) is 6.07 Å². The maximum Gasteiger partial charge on any atom is 0.276 e. The number of benzene rings is 1. The zero-order valence-corrected chi connectivity index (χ0v) is 12.5. The summed E-state index contributed by atoms with van der Waals surface area (Å²) in [5.74, 6) is 0.306. The Morgan fingerprint density at radius 2 is 2.04 bits per heavy atom. The highest BCUT2D eigenvalue weighted by molar-refractivity contribution is 5.89. The van der Waals surface area contributed by atoms with E-state index < -0.39 is 4.92 Å². The number of nitro groups is 1. The van der Waals surface area contributed by atoms with Crippen molar-refractivity contribution in [1.82, 2.24) is 15.0 Å². The van der Waals surface area contributed by atoms with Crippen LogP contribution in [0.2, 0.25) is 0 Å². The quantitative estimate of drug-likeness (QED) is 0.509. The molecule has 0 unspecified atom stereocenters. The van der Waals surface area contributed by atoms with E-state index in [1.165, 1.54) is 18.2 Å². The van der Waals surface area contributed by atoms with E-state index in [2.05, 4.69) is 15.0 Å². The summed E-state index contributed by atoms with van der Waals surface area (Å²) in [4.78, 5) is 24.1. The van der Waals surface area contributed by atoms with Gasteiger partial charge in [0.2, 0.25) is 11.9 Å². The monoisotopic (exact) mass is 311 g/mol. The molecule has 0 aliphatic rings. The van der Waals surface area contributed by atoms with Crippen LogP contribution in [0.15, 0.2) is 24.3 Å². The van der Waals surface area contributed by atoms with Gasteiger partial charge in [-0.25, -0.2) is 0 Å². The molecule has 0 radical (unpaired) electrons. The zero-order chi connectivity index (χ0) is 17.0. The Kier molecular flexibility index (Phi) is 4.47. The van der Waals surface area contributed by atoms with E-state index in [9.17, 15) is 15.4 Å². The largest absolute Gasteiger partial charge is 0.368 e. The van der Waals surface area contributed by atoms with Crippen molar-refractivity contribution in [3.63, 3.8) is 0 Å². The number of hydrogen-bond acceptors (Lipinski definition) is 8. The highest BCUT2D eigenvalue weighted by Gasteiger charge is 2.15. The number of nitriles is 1. The number of hydrogen-bond donors (Lipinski definition) is 1. The standard InChI is InChI=1S/C14H13N7O2/c1-20(2)14-18-12(17-13(16)19-14)10(8-15)7-9-5-3-4-6-11(9)21(22)23/h3-7H,1-2H3,(H2,16,17,18,19)/b10-7+. The highest BCUT2D eigenvalue weighted by atomic mass is 16.6. The number of allylic oxidation sites excluding steroid dienone is 1. The van der Waals surface area contributed by atoms with Crippen molar-refractivity contribution < 1.29 is 4.92 Å². The topological polar surface area (TPSA) is 135 Å². The van der Waals surface area contributed by atoms with E-state index in [1.54, 1.807) is 31.1 Å². The molecule has 2 aromatic rings. The molecule has 0 bridgehead atoms. The minimum absolute atomic E-state index is 0.0394. The summed E-state index contributed by atoms with van der Waals surface area (Å²) in [6, 6.07) is 8.02. The normalized spacial score (nSPS) is 10.9. The molecule has 2 rings (SSSR count). The third-order valence-electron chi connectivity index (χ3n) is 2.84. The SMILES string of the molecule is CN(C)c1nc(N)nc(/C(C#N)=C/c2ccccc2[N+](=O)[O-])n1. The van der Waals surface area contributed by atoms with E-state index in [-0.39, 0.29) is 34.5 Å². The molecule has 1 heterocycles. The number of nitro benzene ring substituents is 1. The molecule has 0 saturated heterocycles. The van der Waals surface area contributed by atoms with Crippen LogP contribution in [-0.2, 0) is 0 Å². The smallest absolute Gasteiger partial charge is 0.276 e. The number of anilines is 2. The number of para-hydroxylation sites is 1. The van der Waals surface area contributed by atoms with Crippen LogP contribution in [-0.4, -0.2) is 34.0 Å². The molecule has 0 spiro atoms. The molecular weight excluding hydrogens is 298 g/mol. The summed E-state index contributed by atoms with van der Waals surface area (Å²) in [7, 11) is 3.44. The lowest BCUT2D eigenvalue weighted by Crippen LogP contribution is -2.15. The van der Waals surface area contributed by atoms with Gasteiger partial charge in [-0.2, -0.15) is 20.2 Å². The van der Waals surface area contributed by atoms with Gasteiger partial charge in [0, 0.05) is 20.2 Å². The average molecular weight is 311 g/mol. The van der Waals surface area contributed by atoms with Crippen LogP contribution in [0, 0.1) is 21.4 Å². The second kappa shape index (κ2) is 6.48.